The maximum absolute atomic E-state index is 13.9. The van der Waals surface area contributed by atoms with E-state index in [2.05, 4.69) is 32.9 Å². The van der Waals surface area contributed by atoms with E-state index in [0.717, 1.165) is 15.6 Å². The highest BCUT2D eigenvalue weighted by molar-refractivity contribution is 14.1. The molecule has 1 unspecified atom stereocenters. The van der Waals surface area contributed by atoms with E-state index in [4.69, 9.17) is 4.74 Å². The van der Waals surface area contributed by atoms with Crippen LogP contribution >= 0.6 is 22.6 Å². The van der Waals surface area contributed by atoms with Crippen molar-refractivity contribution in [1.82, 2.24) is 4.98 Å². The number of ether oxygens (including phenoxy) is 1. The Bertz CT molecular complexity index is 736. The van der Waals surface area contributed by atoms with Crippen molar-refractivity contribution in [3.05, 3.63) is 51.1 Å². The molecule has 0 radical (unpaired) electrons. The lowest BCUT2D eigenvalue weighted by molar-refractivity contribution is -0.114. The molecule has 4 nitrogen and oxygen atoms in total. The van der Waals surface area contributed by atoms with E-state index in [1.807, 2.05) is 6.07 Å². The molecule has 1 aromatic carbocycles. The minimum Gasteiger partial charge on any atom is -0.484 e. The number of pyridine rings is 1. The van der Waals surface area contributed by atoms with Gasteiger partial charge in [-0.25, -0.2) is 4.39 Å². The first-order valence-corrected chi connectivity index (χ1v) is 7.99. The highest BCUT2D eigenvalue weighted by Crippen LogP contribution is 2.38. The number of nitrogens with zero attached hydrogens (tertiary/aromatic N) is 1. The first kappa shape index (κ1) is 15.2. The number of hydrogen-bond donors (Lipinski definition) is 1. The third-order valence-corrected chi connectivity index (χ3v) is 4.39. The Morgan fingerprint density at radius 1 is 1.50 bits per heavy atom. The number of aryl methyl sites for hydroxylation is 1. The summed E-state index contributed by atoms with van der Waals surface area (Å²) < 4.78 is 20.7. The maximum atomic E-state index is 13.9. The third-order valence-electron chi connectivity index (χ3n) is 3.50. The van der Waals surface area contributed by atoms with E-state index < -0.39 is 6.10 Å². The molecule has 0 saturated heterocycles. The molecule has 1 aliphatic heterocycles. The van der Waals surface area contributed by atoms with Gasteiger partial charge in [0.05, 0.1) is 5.69 Å². The van der Waals surface area contributed by atoms with Crippen molar-refractivity contribution in [2.24, 2.45) is 0 Å². The summed E-state index contributed by atoms with van der Waals surface area (Å²) in [4.78, 5) is 15.3. The Balaban J connectivity index is 1.92. The number of carbonyl (C=O) groups excluding carboxylic acids is 1. The number of aromatic nitrogens is 1. The lowest BCUT2D eigenvalue weighted by Crippen LogP contribution is -2.18. The van der Waals surface area contributed by atoms with Gasteiger partial charge in [0.15, 0.2) is 0 Å². The van der Waals surface area contributed by atoms with E-state index >= 15 is 0 Å². The van der Waals surface area contributed by atoms with Crippen molar-refractivity contribution >= 4 is 34.2 Å². The molecule has 2 aromatic rings. The van der Waals surface area contributed by atoms with Gasteiger partial charge in [-0.1, -0.05) is 0 Å². The zero-order valence-electron chi connectivity index (χ0n) is 11.9. The summed E-state index contributed by atoms with van der Waals surface area (Å²) in [5.74, 6) is 0.176. The van der Waals surface area contributed by atoms with Crippen LogP contribution in [0.2, 0.25) is 0 Å². The Labute approximate surface area is 141 Å². The Morgan fingerprint density at radius 3 is 3.05 bits per heavy atom. The molecular formula is C16H14FIN2O2. The quantitative estimate of drug-likeness (QED) is 0.763. The standard InChI is InChI=1S/C16H14FIN2O2/c1-9(21)20-13-8-15-10(7-12(13)18)4-5-14(22-15)16-11(17)3-2-6-19-16/h2-3,6-8,14H,4-5H2,1H3,(H,20,21). The fourth-order valence-electron chi connectivity index (χ4n) is 2.51. The number of carbonyl (C=O) groups is 1. The average Bonchev–Trinajstić information content (AvgIpc) is 2.48. The number of hydrogen-bond acceptors (Lipinski definition) is 3. The van der Waals surface area contributed by atoms with Gasteiger partial charge in [0.2, 0.25) is 5.91 Å². The maximum Gasteiger partial charge on any atom is 0.221 e. The molecule has 1 amide bonds. The van der Waals surface area contributed by atoms with Gasteiger partial charge in [-0.15, -0.1) is 0 Å². The smallest absolute Gasteiger partial charge is 0.221 e. The Hall–Kier alpha value is -1.70. The predicted octanol–water partition coefficient (Wildman–Crippen LogP) is 3.85. The lowest BCUT2D eigenvalue weighted by atomic mass is 9.99. The molecule has 6 heteroatoms. The van der Waals surface area contributed by atoms with Crippen LogP contribution in [-0.2, 0) is 11.2 Å². The van der Waals surface area contributed by atoms with Crippen LogP contribution in [0.1, 0.15) is 30.7 Å². The number of nitrogens with one attached hydrogen (secondary N) is 1. The second-order valence-electron chi connectivity index (χ2n) is 5.14. The summed E-state index contributed by atoms with van der Waals surface area (Å²) in [6.07, 6.45) is 2.62. The van der Waals surface area contributed by atoms with Gasteiger partial charge >= 0.3 is 0 Å². The molecule has 0 spiro atoms. The average molecular weight is 412 g/mol. The van der Waals surface area contributed by atoms with Crippen LogP contribution in [0.4, 0.5) is 10.1 Å². The largest absolute Gasteiger partial charge is 0.484 e. The van der Waals surface area contributed by atoms with Crippen molar-refractivity contribution in [3.8, 4) is 5.75 Å². The number of rotatable bonds is 2. The Morgan fingerprint density at radius 2 is 2.32 bits per heavy atom. The topological polar surface area (TPSA) is 51.2 Å². The fraction of sp³-hybridized carbons (Fsp3) is 0.250. The SMILES string of the molecule is CC(=O)Nc1cc2c(cc1I)CCC(c1ncccc1F)O2. The second-order valence-corrected chi connectivity index (χ2v) is 6.30. The molecular weight excluding hydrogens is 398 g/mol. The van der Waals surface area contributed by atoms with E-state index in [0.29, 0.717) is 23.6 Å². The summed E-state index contributed by atoms with van der Waals surface area (Å²) in [6, 6.07) is 6.74. The van der Waals surface area contributed by atoms with Gasteiger partial charge in [0, 0.05) is 22.8 Å². The van der Waals surface area contributed by atoms with Gasteiger partial charge in [-0.3, -0.25) is 9.78 Å². The van der Waals surface area contributed by atoms with Crippen LogP contribution in [0, 0.1) is 9.39 Å². The second kappa shape index (κ2) is 6.20. The first-order chi connectivity index (χ1) is 10.5. The zero-order chi connectivity index (χ0) is 15.7. The van der Waals surface area contributed by atoms with Gasteiger partial charge in [-0.2, -0.15) is 0 Å². The lowest BCUT2D eigenvalue weighted by Gasteiger charge is -2.26. The summed E-state index contributed by atoms with van der Waals surface area (Å²) in [5, 5.41) is 2.77. The summed E-state index contributed by atoms with van der Waals surface area (Å²) >= 11 is 2.18. The highest BCUT2D eigenvalue weighted by Gasteiger charge is 2.25. The highest BCUT2D eigenvalue weighted by atomic mass is 127. The molecule has 3 rings (SSSR count). The van der Waals surface area contributed by atoms with Gasteiger partial charge in [-0.05, 0) is 59.2 Å². The minimum atomic E-state index is -0.404. The molecule has 0 fully saturated rings. The number of fused-ring (bicyclic) bond motifs is 1. The predicted molar refractivity (Wildman–Crippen MR) is 89.3 cm³/mol. The minimum absolute atomic E-state index is 0.138. The third kappa shape index (κ3) is 3.06. The molecule has 2 heterocycles. The molecule has 1 atom stereocenters. The van der Waals surface area contributed by atoms with Crippen LogP contribution in [0.15, 0.2) is 30.5 Å². The van der Waals surface area contributed by atoms with E-state index in [-0.39, 0.29) is 11.7 Å². The molecule has 1 aromatic heterocycles. The molecule has 0 bridgehead atoms. The normalized spacial score (nSPS) is 16.6. The van der Waals surface area contributed by atoms with E-state index in [9.17, 15) is 9.18 Å². The summed E-state index contributed by atoms with van der Waals surface area (Å²) in [7, 11) is 0. The fourth-order valence-corrected chi connectivity index (χ4v) is 3.18. The number of amides is 1. The van der Waals surface area contributed by atoms with Crippen molar-refractivity contribution in [2.45, 2.75) is 25.9 Å². The zero-order valence-corrected chi connectivity index (χ0v) is 14.1. The monoisotopic (exact) mass is 412 g/mol. The van der Waals surface area contributed by atoms with E-state index in [1.54, 1.807) is 18.3 Å². The van der Waals surface area contributed by atoms with Crippen molar-refractivity contribution in [2.75, 3.05) is 5.32 Å². The molecule has 0 saturated carbocycles. The summed E-state index contributed by atoms with van der Waals surface area (Å²) in [5.41, 5.74) is 2.09. The molecule has 1 N–H and O–H groups in total. The van der Waals surface area contributed by atoms with Gasteiger partial charge in [0.25, 0.3) is 0 Å². The number of benzene rings is 1. The van der Waals surface area contributed by atoms with Gasteiger partial charge < -0.3 is 10.1 Å². The van der Waals surface area contributed by atoms with E-state index in [1.165, 1.54) is 13.0 Å². The summed E-state index contributed by atoms with van der Waals surface area (Å²) in [6.45, 7) is 1.46. The van der Waals surface area contributed by atoms with Crippen molar-refractivity contribution < 1.29 is 13.9 Å². The van der Waals surface area contributed by atoms with Crippen molar-refractivity contribution in [1.29, 1.82) is 0 Å². The van der Waals surface area contributed by atoms with Crippen LogP contribution in [0.5, 0.6) is 5.75 Å². The molecule has 22 heavy (non-hydrogen) atoms. The van der Waals surface area contributed by atoms with Crippen LogP contribution in [-0.4, -0.2) is 10.9 Å². The molecule has 0 aliphatic carbocycles. The van der Waals surface area contributed by atoms with Crippen LogP contribution < -0.4 is 10.1 Å². The molecule has 114 valence electrons. The Kier molecular flexibility index (Phi) is 4.28. The number of halogens is 2. The number of anilines is 1. The first-order valence-electron chi connectivity index (χ1n) is 6.91. The van der Waals surface area contributed by atoms with Crippen molar-refractivity contribution in [3.63, 3.8) is 0 Å². The van der Waals surface area contributed by atoms with Crippen LogP contribution in [0.3, 0.4) is 0 Å². The van der Waals surface area contributed by atoms with Gasteiger partial charge in [0.1, 0.15) is 23.4 Å². The van der Waals surface area contributed by atoms with Crippen LogP contribution in [0.25, 0.3) is 0 Å². The molecule has 1 aliphatic rings.